The molecule has 0 aromatic heterocycles. The lowest BCUT2D eigenvalue weighted by Gasteiger charge is -2.19. The Morgan fingerprint density at radius 2 is 1.79 bits per heavy atom. The van der Waals surface area contributed by atoms with Gasteiger partial charge in [-0.05, 0) is 0 Å². The van der Waals surface area contributed by atoms with Crippen molar-refractivity contribution >= 4 is 11.9 Å². The number of esters is 2. The Morgan fingerprint density at radius 1 is 1.21 bits per heavy atom. The topological polar surface area (TPSA) is 105 Å². The van der Waals surface area contributed by atoms with Crippen molar-refractivity contribution in [2.75, 3.05) is 6.61 Å². The molecule has 0 spiro atoms. The van der Waals surface area contributed by atoms with Crippen molar-refractivity contribution in [1.29, 1.82) is 0 Å². The summed E-state index contributed by atoms with van der Waals surface area (Å²) in [5.74, 6) is -0.851. The van der Waals surface area contributed by atoms with Crippen molar-refractivity contribution < 1.29 is 19.1 Å². The minimum atomic E-state index is -0.769. The van der Waals surface area contributed by atoms with Crippen molar-refractivity contribution in [2.24, 2.45) is 11.5 Å². The minimum Gasteiger partial charge on any atom is -0.466 e. The zero-order valence-corrected chi connectivity index (χ0v) is 8.36. The van der Waals surface area contributed by atoms with E-state index in [0.717, 1.165) is 0 Å². The van der Waals surface area contributed by atoms with Crippen LogP contribution in [0.4, 0.5) is 0 Å². The molecule has 6 heteroatoms. The van der Waals surface area contributed by atoms with Gasteiger partial charge >= 0.3 is 11.9 Å². The molecule has 4 N–H and O–H groups in total. The molecule has 82 valence electrons. The van der Waals surface area contributed by atoms with Gasteiger partial charge in [-0.2, -0.15) is 0 Å². The van der Waals surface area contributed by atoms with Crippen LogP contribution in [-0.4, -0.2) is 30.8 Å². The van der Waals surface area contributed by atoms with Crippen molar-refractivity contribution in [1.82, 2.24) is 0 Å². The maximum atomic E-state index is 10.6. The zero-order valence-electron chi connectivity index (χ0n) is 8.36. The van der Waals surface area contributed by atoms with Gasteiger partial charge in [-0.25, -0.2) is 0 Å². The van der Waals surface area contributed by atoms with Crippen LogP contribution in [0.2, 0.25) is 0 Å². The van der Waals surface area contributed by atoms with Crippen LogP contribution in [0.15, 0.2) is 0 Å². The zero-order chi connectivity index (χ0) is 11.1. The molecular weight excluding hydrogens is 188 g/mol. The standard InChI is InChI=1S/C8H16N2O4/c1-5(11)13-4-3-7(8(9)10)14-6(2)12/h7-8H,3-4,9-10H2,1-2H3. The van der Waals surface area contributed by atoms with E-state index in [1.807, 2.05) is 0 Å². The van der Waals surface area contributed by atoms with E-state index in [1.54, 1.807) is 0 Å². The normalized spacial score (nSPS) is 12.4. The van der Waals surface area contributed by atoms with Gasteiger partial charge in [0.25, 0.3) is 0 Å². The molecule has 0 aliphatic rings. The molecule has 1 unspecified atom stereocenters. The number of ether oxygens (including phenoxy) is 2. The monoisotopic (exact) mass is 204 g/mol. The number of carbonyl (C=O) groups excluding carboxylic acids is 2. The highest BCUT2D eigenvalue weighted by Gasteiger charge is 2.17. The first-order chi connectivity index (χ1) is 6.43. The maximum Gasteiger partial charge on any atom is 0.303 e. The minimum absolute atomic E-state index is 0.137. The molecule has 14 heavy (non-hydrogen) atoms. The fourth-order valence-corrected chi connectivity index (χ4v) is 0.862. The van der Waals surface area contributed by atoms with E-state index < -0.39 is 24.2 Å². The SMILES string of the molecule is CC(=O)OCCC(OC(C)=O)C(N)N. The van der Waals surface area contributed by atoms with Gasteiger partial charge in [0.1, 0.15) is 6.10 Å². The Bertz CT molecular complexity index is 206. The fraction of sp³-hybridized carbons (Fsp3) is 0.750. The number of hydrogen-bond donors (Lipinski definition) is 2. The molecule has 0 rings (SSSR count). The van der Waals surface area contributed by atoms with Crippen molar-refractivity contribution in [3.8, 4) is 0 Å². The highest BCUT2D eigenvalue weighted by Crippen LogP contribution is 2.01. The van der Waals surface area contributed by atoms with Crippen LogP contribution >= 0.6 is 0 Å². The fourth-order valence-electron chi connectivity index (χ4n) is 0.862. The Labute approximate surface area is 82.5 Å². The van der Waals surface area contributed by atoms with Gasteiger partial charge in [0.2, 0.25) is 0 Å². The molecule has 0 aromatic rings. The Balaban J connectivity index is 3.85. The van der Waals surface area contributed by atoms with Gasteiger partial charge < -0.3 is 20.9 Å². The van der Waals surface area contributed by atoms with Crippen LogP contribution in [-0.2, 0) is 19.1 Å². The van der Waals surface area contributed by atoms with Crippen LogP contribution in [0.3, 0.4) is 0 Å². The largest absolute Gasteiger partial charge is 0.466 e. The van der Waals surface area contributed by atoms with E-state index >= 15 is 0 Å². The van der Waals surface area contributed by atoms with Crippen molar-refractivity contribution in [3.05, 3.63) is 0 Å². The van der Waals surface area contributed by atoms with E-state index in [9.17, 15) is 9.59 Å². The summed E-state index contributed by atoms with van der Waals surface area (Å²) in [5, 5.41) is 0. The molecule has 0 aliphatic carbocycles. The van der Waals surface area contributed by atoms with Crippen LogP contribution in [0.1, 0.15) is 20.3 Å². The third-order valence-corrected chi connectivity index (χ3v) is 1.45. The predicted molar refractivity (Wildman–Crippen MR) is 49.0 cm³/mol. The second-order valence-electron chi connectivity index (χ2n) is 2.85. The molecule has 0 aromatic carbocycles. The summed E-state index contributed by atoms with van der Waals surface area (Å²) in [5.41, 5.74) is 10.7. The first-order valence-corrected chi connectivity index (χ1v) is 4.25. The van der Waals surface area contributed by atoms with Crippen LogP contribution in [0.5, 0.6) is 0 Å². The molecule has 0 aliphatic heterocycles. The summed E-state index contributed by atoms with van der Waals surface area (Å²) in [6, 6.07) is 0. The molecule has 0 amide bonds. The van der Waals surface area contributed by atoms with E-state index in [-0.39, 0.29) is 6.61 Å². The summed E-state index contributed by atoms with van der Waals surface area (Å²) < 4.78 is 9.48. The van der Waals surface area contributed by atoms with Gasteiger partial charge in [0.05, 0.1) is 12.8 Å². The number of nitrogens with two attached hydrogens (primary N) is 2. The second kappa shape index (κ2) is 6.33. The first-order valence-electron chi connectivity index (χ1n) is 4.25. The van der Waals surface area contributed by atoms with Gasteiger partial charge in [-0.3, -0.25) is 9.59 Å². The molecule has 0 saturated heterocycles. The Hall–Kier alpha value is -1.14. The van der Waals surface area contributed by atoms with Gasteiger partial charge in [0.15, 0.2) is 0 Å². The lowest BCUT2D eigenvalue weighted by molar-refractivity contribution is -0.149. The van der Waals surface area contributed by atoms with Crippen LogP contribution in [0, 0.1) is 0 Å². The van der Waals surface area contributed by atoms with Crippen LogP contribution < -0.4 is 11.5 Å². The summed E-state index contributed by atoms with van der Waals surface area (Å²) in [6.45, 7) is 2.70. The third kappa shape index (κ3) is 6.38. The van der Waals surface area contributed by atoms with E-state index in [0.29, 0.717) is 6.42 Å². The highest BCUT2D eigenvalue weighted by molar-refractivity contribution is 5.66. The number of hydrogen-bond acceptors (Lipinski definition) is 6. The Kier molecular flexibility index (Phi) is 5.82. The van der Waals surface area contributed by atoms with Gasteiger partial charge in [-0.1, -0.05) is 0 Å². The summed E-state index contributed by atoms with van der Waals surface area (Å²) in [4.78, 5) is 21.0. The van der Waals surface area contributed by atoms with E-state index in [2.05, 4.69) is 4.74 Å². The average Bonchev–Trinajstić information content (AvgIpc) is 2.00. The molecule has 0 saturated carbocycles. The van der Waals surface area contributed by atoms with Crippen molar-refractivity contribution in [2.45, 2.75) is 32.5 Å². The summed E-state index contributed by atoms with van der Waals surface area (Å²) >= 11 is 0. The molecule has 6 nitrogen and oxygen atoms in total. The third-order valence-electron chi connectivity index (χ3n) is 1.45. The van der Waals surface area contributed by atoms with Crippen LogP contribution in [0.25, 0.3) is 0 Å². The molecule has 0 fully saturated rings. The number of carbonyl (C=O) groups is 2. The van der Waals surface area contributed by atoms with E-state index in [4.69, 9.17) is 16.2 Å². The maximum absolute atomic E-state index is 10.6. The molecular formula is C8H16N2O4. The smallest absolute Gasteiger partial charge is 0.303 e. The summed E-state index contributed by atoms with van der Waals surface area (Å²) in [7, 11) is 0. The highest BCUT2D eigenvalue weighted by atomic mass is 16.6. The van der Waals surface area contributed by atoms with Gasteiger partial charge in [0, 0.05) is 20.3 Å². The van der Waals surface area contributed by atoms with Gasteiger partial charge in [-0.15, -0.1) is 0 Å². The summed E-state index contributed by atoms with van der Waals surface area (Å²) in [6.07, 6.45) is -1.09. The lowest BCUT2D eigenvalue weighted by atomic mass is 10.2. The van der Waals surface area contributed by atoms with E-state index in [1.165, 1.54) is 13.8 Å². The second-order valence-corrected chi connectivity index (χ2v) is 2.85. The Morgan fingerprint density at radius 3 is 2.14 bits per heavy atom. The lowest BCUT2D eigenvalue weighted by Crippen LogP contribution is -2.45. The predicted octanol–water partition coefficient (Wildman–Crippen LogP) is -0.885. The quantitative estimate of drug-likeness (QED) is 0.445. The first kappa shape index (κ1) is 12.9. The average molecular weight is 204 g/mol. The molecule has 0 bridgehead atoms. The molecule has 0 radical (unpaired) electrons. The van der Waals surface area contributed by atoms with Crippen molar-refractivity contribution in [3.63, 3.8) is 0 Å². The molecule has 1 atom stereocenters. The molecule has 0 heterocycles. The number of rotatable bonds is 5.